The fourth-order valence-electron chi connectivity index (χ4n) is 4.97. The van der Waals surface area contributed by atoms with Crippen molar-refractivity contribution < 1.29 is 22.7 Å². The van der Waals surface area contributed by atoms with E-state index in [0.717, 1.165) is 44.9 Å². The van der Waals surface area contributed by atoms with Crippen LogP contribution in [0.5, 0.6) is 0 Å². The van der Waals surface area contributed by atoms with Crippen molar-refractivity contribution in [2.75, 3.05) is 39.2 Å². The van der Waals surface area contributed by atoms with Crippen molar-refractivity contribution in [2.24, 2.45) is 0 Å². The molecule has 10 nitrogen and oxygen atoms in total. The molecule has 2 aromatic carbocycles. The first-order valence-corrected chi connectivity index (χ1v) is 15.1. The van der Waals surface area contributed by atoms with Gasteiger partial charge in [-0.05, 0) is 61.5 Å². The van der Waals surface area contributed by atoms with Crippen LogP contribution in [0.15, 0.2) is 70.4 Å². The third-order valence-corrected chi connectivity index (χ3v) is 8.54. The van der Waals surface area contributed by atoms with Crippen LogP contribution < -0.4 is 21.9 Å². The molecule has 46 heavy (non-hydrogen) atoms. The van der Waals surface area contributed by atoms with Crippen LogP contribution in [0.25, 0.3) is 26.5 Å². The molecular weight excluding hydrogens is 621 g/mol. The van der Waals surface area contributed by atoms with Gasteiger partial charge in [0, 0.05) is 42.9 Å². The van der Waals surface area contributed by atoms with Gasteiger partial charge in [-0.15, -0.1) is 11.3 Å². The van der Waals surface area contributed by atoms with Crippen LogP contribution in [0.2, 0.25) is 0 Å². The number of ether oxygens (including phenoxy) is 1. The number of hydrogen-bond acceptors (Lipinski definition) is 7. The van der Waals surface area contributed by atoms with Crippen molar-refractivity contribution in [3.05, 3.63) is 110 Å². The molecule has 3 heterocycles. The second kappa shape index (κ2) is 14.1. The molecule has 0 bridgehead atoms. The summed E-state index contributed by atoms with van der Waals surface area (Å²) in [7, 11) is 3.42. The van der Waals surface area contributed by atoms with Crippen LogP contribution in [-0.2, 0) is 17.8 Å². The Kier molecular flexibility index (Phi) is 9.99. The number of hydrogen-bond donors (Lipinski definition) is 2. The normalized spacial score (nSPS) is 11.4. The van der Waals surface area contributed by atoms with Gasteiger partial charge in [-0.25, -0.2) is 32.3 Å². The van der Waals surface area contributed by atoms with Crippen molar-refractivity contribution in [1.82, 2.24) is 24.3 Å². The number of carbonyl (C=O) groups is 1. The van der Waals surface area contributed by atoms with E-state index >= 15 is 0 Å². The Hall–Kier alpha value is -4.79. The quantitative estimate of drug-likeness (QED) is 0.209. The van der Waals surface area contributed by atoms with Gasteiger partial charge in [-0.2, -0.15) is 0 Å². The number of likely N-dealkylation sites (N-methyl/N-ethyl adjacent to an activating group) is 1. The summed E-state index contributed by atoms with van der Waals surface area (Å²) in [6.07, 6.45) is 0.876. The minimum Gasteiger partial charge on any atom is -0.383 e. The maximum absolute atomic E-state index is 14.9. The van der Waals surface area contributed by atoms with Gasteiger partial charge < -0.3 is 15.4 Å². The van der Waals surface area contributed by atoms with Crippen molar-refractivity contribution in [3.8, 4) is 16.3 Å². The van der Waals surface area contributed by atoms with Crippen molar-refractivity contribution in [1.29, 1.82) is 0 Å². The molecule has 0 unspecified atom stereocenters. The number of carbonyl (C=O) groups excluding carboxylic acids is 1. The van der Waals surface area contributed by atoms with Gasteiger partial charge >= 0.3 is 11.7 Å². The van der Waals surface area contributed by atoms with E-state index < -0.39 is 35.2 Å². The largest absolute Gasteiger partial charge is 0.383 e. The maximum atomic E-state index is 14.9. The predicted molar refractivity (Wildman–Crippen MR) is 171 cm³/mol. The first-order valence-electron chi connectivity index (χ1n) is 14.3. The van der Waals surface area contributed by atoms with E-state index in [1.165, 1.54) is 12.1 Å². The van der Waals surface area contributed by atoms with Gasteiger partial charge in [-0.3, -0.25) is 14.3 Å². The Morgan fingerprint density at radius 3 is 2.37 bits per heavy atom. The lowest BCUT2D eigenvalue weighted by Crippen LogP contribution is -2.39. The van der Waals surface area contributed by atoms with Crippen LogP contribution in [0, 0.1) is 17.5 Å². The Bertz CT molecular complexity index is 1970. The molecular formula is C32H31F3N6O4S. The van der Waals surface area contributed by atoms with Gasteiger partial charge in [0.05, 0.1) is 24.7 Å². The zero-order valence-electron chi connectivity index (χ0n) is 25.3. The highest BCUT2D eigenvalue weighted by Gasteiger charge is 2.26. The highest BCUT2D eigenvalue weighted by molar-refractivity contribution is 7.22. The third kappa shape index (κ3) is 6.73. The van der Waals surface area contributed by atoms with E-state index in [4.69, 9.17) is 4.74 Å². The average Bonchev–Trinajstić information content (AvgIpc) is 3.39. The number of halogens is 3. The van der Waals surface area contributed by atoms with Crippen LogP contribution in [0.4, 0.5) is 23.7 Å². The molecule has 3 aromatic heterocycles. The smallest absolute Gasteiger partial charge is 0.338 e. The number of amides is 2. The van der Waals surface area contributed by atoms with E-state index in [-0.39, 0.29) is 34.2 Å². The molecule has 0 atom stereocenters. The molecule has 0 saturated carbocycles. The van der Waals surface area contributed by atoms with Gasteiger partial charge in [0.25, 0.3) is 5.56 Å². The topological polar surface area (TPSA) is 110 Å². The fourth-order valence-corrected chi connectivity index (χ4v) is 6.28. The van der Waals surface area contributed by atoms with E-state index in [9.17, 15) is 27.6 Å². The van der Waals surface area contributed by atoms with Crippen molar-refractivity contribution in [2.45, 2.75) is 20.0 Å². The highest BCUT2D eigenvalue weighted by atomic mass is 32.1. The van der Waals surface area contributed by atoms with E-state index in [1.807, 2.05) is 11.9 Å². The lowest BCUT2D eigenvalue weighted by atomic mass is 10.1. The van der Waals surface area contributed by atoms with Gasteiger partial charge in [0.1, 0.15) is 28.1 Å². The first-order chi connectivity index (χ1) is 22.1. The summed E-state index contributed by atoms with van der Waals surface area (Å²) in [5.41, 5.74) is -0.195. The summed E-state index contributed by atoms with van der Waals surface area (Å²) in [5, 5.41) is 5.55. The molecule has 0 saturated heterocycles. The van der Waals surface area contributed by atoms with Gasteiger partial charge in [0.15, 0.2) is 0 Å². The minimum atomic E-state index is -0.896. The number of pyridine rings is 1. The number of aromatic nitrogens is 3. The second-order valence-corrected chi connectivity index (χ2v) is 11.4. The van der Waals surface area contributed by atoms with Gasteiger partial charge in [0.2, 0.25) is 0 Å². The summed E-state index contributed by atoms with van der Waals surface area (Å²) in [6.45, 7) is 2.90. The molecule has 14 heteroatoms. The summed E-state index contributed by atoms with van der Waals surface area (Å²) in [5.74, 6) is -2.53. The lowest BCUT2D eigenvalue weighted by Gasteiger charge is -2.17. The highest BCUT2D eigenvalue weighted by Crippen LogP contribution is 2.38. The summed E-state index contributed by atoms with van der Waals surface area (Å²) >= 11 is 1.13. The molecule has 5 aromatic rings. The number of nitrogens with zero attached hydrogens (tertiary/aromatic N) is 4. The Labute approximate surface area is 265 Å². The molecule has 0 spiro atoms. The number of rotatable bonds is 11. The second-order valence-electron chi connectivity index (χ2n) is 10.4. The number of thiophene rings is 1. The Morgan fingerprint density at radius 2 is 1.74 bits per heavy atom. The van der Waals surface area contributed by atoms with E-state index in [0.29, 0.717) is 41.4 Å². The predicted octanol–water partition coefficient (Wildman–Crippen LogP) is 4.96. The molecule has 0 radical (unpaired) electrons. The fraction of sp³-hybridized carbons (Fsp3) is 0.250. The van der Waals surface area contributed by atoms with Crippen LogP contribution >= 0.6 is 11.3 Å². The first kappa shape index (κ1) is 32.6. The van der Waals surface area contributed by atoms with Crippen molar-refractivity contribution in [3.63, 3.8) is 0 Å². The minimum absolute atomic E-state index is 0.145. The van der Waals surface area contributed by atoms with E-state index in [2.05, 4.69) is 15.6 Å². The average molecular weight is 653 g/mol. The Balaban J connectivity index is 1.79. The Morgan fingerprint density at radius 1 is 1.02 bits per heavy atom. The molecule has 0 aliphatic rings. The molecule has 2 N–H and O–H groups in total. The maximum Gasteiger partial charge on any atom is 0.338 e. The molecule has 240 valence electrons. The van der Waals surface area contributed by atoms with Crippen LogP contribution in [0.3, 0.4) is 0 Å². The number of anilines is 1. The third-order valence-electron chi connectivity index (χ3n) is 7.24. The summed E-state index contributed by atoms with van der Waals surface area (Å²) < 4.78 is 50.8. The molecule has 0 fully saturated rings. The van der Waals surface area contributed by atoms with Crippen LogP contribution in [-0.4, -0.2) is 58.9 Å². The van der Waals surface area contributed by atoms with Gasteiger partial charge in [-0.1, -0.05) is 18.2 Å². The molecule has 2 amide bonds. The number of methoxy groups -OCH3 is 1. The number of fused-ring (bicyclic) bond motifs is 1. The van der Waals surface area contributed by atoms with Crippen molar-refractivity contribution >= 4 is 33.3 Å². The molecule has 0 aliphatic heterocycles. The number of urea groups is 1. The van der Waals surface area contributed by atoms with E-state index in [1.54, 1.807) is 38.3 Å². The number of benzene rings is 2. The monoisotopic (exact) mass is 652 g/mol. The summed E-state index contributed by atoms with van der Waals surface area (Å²) in [6, 6.07) is 12.2. The molecule has 0 aliphatic carbocycles. The molecule has 5 rings (SSSR count). The lowest BCUT2D eigenvalue weighted by molar-refractivity contribution is 0.159. The van der Waals surface area contributed by atoms with Crippen LogP contribution in [0.1, 0.15) is 18.1 Å². The number of nitrogens with one attached hydrogen (secondary N) is 2. The SMILES string of the molecule is CCNC(=O)Nc1ccc(-c2sc3c(c2CN(C)CCOC)c(=O)n(-c2ccc(F)cn2)c(=O)n3Cc2c(F)cccc2F)cc1. The zero-order chi connectivity index (χ0) is 33.0. The standard InChI is InChI=1S/C32H31F3N6O4S/c1-4-36-31(43)38-21-11-8-19(9-12-21)28-23(17-39(2)14-15-45-3)27-29(42)41(26-13-10-20(33)16-37-26)32(44)40(30(27)46-28)18-22-24(34)6-5-7-25(22)35/h5-13,16H,4,14-15,17-18H2,1-3H3,(H2,36,38,43). The zero-order valence-corrected chi connectivity index (χ0v) is 26.1. The summed E-state index contributed by atoms with van der Waals surface area (Å²) in [4.78, 5) is 47.0.